The summed E-state index contributed by atoms with van der Waals surface area (Å²) in [7, 11) is 1.78. The highest BCUT2D eigenvalue weighted by molar-refractivity contribution is 14.0. The zero-order chi connectivity index (χ0) is 17.4. The summed E-state index contributed by atoms with van der Waals surface area (Å²) in [5.41, 5.74) is 1.94. The number of hydrogen-bond acceptors (Lipinski definition) is 2. The zero-order valence-electron chi connectivity index (χ0n) is 15.2. The van der Waals surface area contributed by atoms with Gasteiger partial charge in [-0.1, -0.05) is 38.1 Å². The topological polar surface area (TPSA) is 65.5 Å². The normalized spacial score (nSPS) is 14.3. The first-order valence-corrected chi connectivity index (χ1v) is 8.57. The summed E-state index contributed by atoms with van der Waals surface area (Å²) in [4.78, 5) is 16.1. The van der Waals surface area contributed by atoms with E-state index in [2.05, 4.69) is 33.1 Å². The third-order valence-corrected chi connectivity index (χ3v) is 3.84. The van der Waals surface area contributed by atoms with E-state index in [1.54, 1.807) is 7.05 Å². The summed E-state index contributed by atoms with van der Waals surface area (Å²) in [6.07, 6.45) is 6.99. The monoisotopic (exact) mass is 456 g/mol. The molecule has 0 spiro atoms. The van der Waals surface area contributed by atoms with Gasteiger partial charge in [0.25, 0.3) is 0 Å². The number of amides is 1. The molecule has 2 rings (SSSR count). The van der Waals surface area contributed by atoms with E-state index < -0.39 is 0 Å². The number of hydrogen-bond donors (Lipinski definition) is 3. The quantitative estimate of drug-likeness (QED) is 0.265. The largest absolute Gasteiger partial charge is 0.353 e. The molecule has 0 heterocycles. The minimum Gasteiger partial charge on any atom is -0.353 e. The Morgan fingerprint density at radius 2 is 2.00 bits per heavy atom. The fourth-order valence-corrected chi connectivity index (χ4v) is 2.65. The summed E-state index contributed by atoms with van der Waals surface area (Å²) in [6, 6.07) is 8.33. The van der Waals surface area contributed by atoms with Gasteiger partial charge in [-0.15, -0.1) is 24.0 Å². The summed E-state index contributed by atoms with van der Waals surface area (Å²) in [5.74, 6) is 1.22. The van der Waals surface area contributed by atoms with Gasteiger partial charge in [-0.2, -0.15) is 0 Å². The fraction of sp³-hybridized carbons (Fsp3) is 0.474. The number of carbonyl (C=O) groups is 1. The molecule has 1 aliphatic rings. The van der Waals surface area contributed by atoms with Gasteiger partial charge in [0.05, 0.1) is 0 Å². The smallest absolute Gasteiger partial charge is 0.224 e. The molecule has 0 aromatic heterocycles. The number of carbonyl (C=O) groups excluding carboxylic acids is 1. The molecule has 0 unspecified atom stereocenters. The number of anilines is 1. The molecule has 1 amide bonds. The third kappa shape index (κ3) is 7.90. The van der Waals surface area contributed by atoms with Gasteiger partial charge >= 0.3 is 0 Å². The van der Waals surface area contributed by atoms with Crippen LogP contribution in [0.3, 0.4) is 0 Å². The van der Waals surface area contributed by atoms with E-state index in [-0.39, 0.29) is 29.9 Å². The molecule has 25 heavy (non-hydrogen) atoms. The van der Waals surface area contributed by atoms with Crippen LogP contribution in [0.5, 0.6) is 0 Å². The lowest BCUT2D eigenvalue weighted by Crippen LogP contribution is -2.42. The molecule has 0 bridgehead atoms. The lowest BCUT2D eigenvalue weighted by atomic mass is 10.1. The Labute approximate surface area is 167 Å². The van der Waals surface area contributed by atoms with Crippen molar-refractivity contribution >= 4 is 41.5 Å². The van der Waals surface area contributed by atoms with Crippen LogP contribution >= 0.6 is 24.0 Å². The van der Waals surface area contributed by atoms with Crippen molar-refractivity contribution in [3.63, 3.8) is 0 Å². The van der Waals surface area contributed by atoms with Gasteiger partial charge in [0.15, 0.2) is 5.96 Å². The first-order chi connectivity index (χ1) is 11.6. The highest BCUT2D eigenvalue weighted by atomic mass is 127. The van der Waals surface area contributed by atoms with Gasteiger partial charge in [0, 0.05) is 31.7 Å². The molecule has 0 radical (unpaired) electrons. The lowest BCUT2D eigenvalue weighted by Gasteiger charge is -2.17. The molecule has 1 aromatic rings. The van der Waals surface area contributed by atoms with Crippen LogP contribution in [-0.4, -0.2) is 25.0 Å². The number of rotatable bonds is 6. The van der Waals surface area contributed by atoms with E-state index in [0.717, 1.165) is 30.1 Å². The van der Waals surface area contributed by atoms with E-state index in [1.807, 2.05) is 38.1 Å². The minimum absolute atomic E-state index is 0. The first kappa shape index (κ1) is 21.5. The summed E-state index contributed by atoms with van der Waals surface area (Å²) < 4.78 is 0. The van der Waals surface area contributed by atoms with Crippen molar-refractivity contribution in [2.24, 2.45) is 10.9 Å². The van der Waals surface area contributed by atoms with Crippen LogP contribution in [0.25, 0.3) is 0 Å². The summed E-state index contributed by atoms with van der Waals surface area (Å²) in [6.45, 7) is 4.74. The van der Waals surface area contributed by atoms with Crippen LogP contribution in [0.1, 0.15) is 38.7 Å². The van der Waals surface area contributed by atoms with E-state index in [9.17, 15) is 4.79 Å². The van der Waals surface area contributed by atoms with Crippen LogP contribution in [0.15, 0.2) is 41.4 Å². The average molecular weight is 456 g/mol. The Morgan fingerprint density at radius 3 is 2.64 bits per heavy atom. The molecule has 0 saturated heterocycles. The number of nitrogens with one attached hydrogen (secondary N) is 3. The number of nitrogens with zero attached hydrogens (tertiary/aromatic N) is 1. The van der Waals surface area contributed by atoms with Crippen molar-refractivity contribution in [1.29, 1.82) is 0 Å². The second-order valence-corrected chi connectivity index (χ2v) is 6.56. The first-order valence-electron chi connectivity index (χ1n) is 8.57. The van der Waals surface area contributed by atoms with Crippen molar-refractivity contribution in [2.45, 2.75) is 45.7 Å². The Morgan fingerprint density at radius 1 is 1.28 bits per heavy atom. The highest BCUT2D eigenvalue weighted by Gasteiger charge is 2.11. The zero-order valence-corrected chi connectivity index (χ0v) is 17.5. The fourth-order valence-electron chi connectivity index (χ4n) is 2.65. The van der Waals surface area contributed by atoms with Crippen LogP contribution in [0.4, 0.5) is 5.69 Å². The van der Waals surface area contributed by atoms with E-state index in [4.69, 9.17) is 0 Å². The van der Waals surface area contributed by atoms with Gasteiger partial charge in [0.2, 0.25) is 5.91 Å². The molecule has 138 valence electrons. The molecular weight excluding hydrogens is 427 g/mol. The Hall–Kier alpha value is -1.57. The SMILES string of the molecule is CN=C(NCc1cccc(NC(=O)CC(C)C)c1)NC1CC=CC1.I. The molecule has 1 aliphatic carbocycles. The maximum absolute atomic E-state index is 11.9. The molecule has 6 heteroatoms. The van der Waals surface area contributed by atoms with Crippen molar-refractivity contribution in [3.05, 3.63) is 42.0 Å². The van der Waals surface area contributed by atoms with Crippen molar-refractivity contribution in [1.82, 2.24) is 10.6 Å². The third-order valence-electron chi connectivity index (χ3n) is 3.84. The van der Waals surface area contributed by atoms with Crippen LogP contribution in [0, 0.1) is 5.92 Å². The summed E-state index contributed by atoms with van der Waals surface area (Å²) >= 11 is 0. The number of guanidine groups is 1. The molecule has 0 atom stereocenters. The number of halogens is 1. The Bertz CT molecular complexity index is 605. The molecule has 0 aliphatic heterocycles. The maximum Gasteiger partial charge on any atom is 0.224 e. The van der Waals surface area contributed by atoms with Gasteiger partial charge in [-0.25, -0.2) is 0 Å². The van der Waals surface area contributed by atoms with Crippen LogP contribution in [0.2, 0.25) is 0 Å². The second kappa shape index (κ2) is 11.1. The molecule has 1 aromatic carbocycles. The summed E-state index contributed by atoms with van der Waals surface area (Å²) in [5, 5.41) is 9.69. The van der Waals surface area contributed by atoms with Gasteiger partial charge in [-0.3, -0.25) is 9.79 Å². The van der Waals surface area contributed by atoms with Gasteiger partial charge < -0.3 is 16.0 Å². The van der Waals surface area contributed by atoms with Gasteiger partial charge in [-0.05, 0) is 36.5 Å². The Balaban J connectivity index is 0.00000312. The molecule has 0 fully saturated rings. The predicted molar refractivity (Wildman–Crippen MR) is 115 cm³/mol. The van der Waals surface area contributed by atoms with Crippen molar-refractivity contribution in [2.75, 3.05) is 12.4 Å². The van der Waals surface area contributed by atoms with Gasteiger partial charge in [0.1, 0.15) is 0 Å². The maximum atomic E-state index is 11.9. The van der Waals surface area contributed by atoms with Crippen LogP contribution < -0.4 is 16.0 Å². The highest BCUT2D eigenvalue weighted by Crippen LogP contribution is 2.12. The lowest BCUT2D eigenvalue weighted by molar-refractivity contribution is -0.116. The van der Waals surface area contributed by atoms with E-state index in [1.165, 1.54) is 0 Å². The van der Waals surface area contributed by atoms with Crippen LogP contribution in [-0.2, 0) is 11.3 Å². The van der Waals surface area contributed by atoms with E-state index >= 15 is 0 Å². The van der Waals surface area contributed by atoms with E-state index in [0.29, 0.717) is 24.9 Å². The number of benzene rings is 1. The predicted octanol–water partition coefficient (Wildman–Crippen LogP) is 3.67. The van der Waals surface area contributed by atoms with Crippen molar-refractivity contribution < 1.29 is 4.79 Å². The molecule has 3 N–H and O–H groups in total. The standard InChI is InChI=1S/C19H28N4O.HI/c1-14(2)11-18(24)22-17-10-6-7-15(12-17)13-21-19(20-3)23-16-8-4-5-9-16;/h4-7,10,12,14,16H,8-9,11,13H2,1-3H3,(H,22,24)(H2,20,21,23);1H. The average Bonchev–Trinajstić information content (AvgIpc) is 3.04. The molecule has 5 nitrogen and oxygen atoms in total. The van der Waals surface area contributed by atoms with Crippen molar-refractivity contribution in [3.8, 4) is 0 Å². The molecular formula is C19H29IN4O. The molecule has 0 saturated carbocycles. The Kier molecular flexibility index (Phi) is 9.55. The minimum atomic E-state index is 0. The number of aliphatic imine (C=N–C) groups is 1. The second-order valence-electron chi connectivity index (χ2n) is 6.56.